The van der Waals surface area contributed by atoms with Crippen LogP contribution in [-0.4, -0.2) is 50.3 Å². The van der Waals surface area contributed by atoms with Gasteiger partial charge in [-0.1, -0.05) is 6.08 Å². The number of methoxy groups -OCH3 is 1. The van der Waals surface area contributed by atoms with Gasteiger partial charge in [0.05, 0.1) is 17.4 Å². The first-order valence-corrected chi connectivity index (χ1v) is 9.72. The van der Waals surface area contributed by atoms with E-state index in [1.54, 1.807) is 4.90 Å². The number of carbonyl (C=O) groups excluding carboxylic acids is 1. The highest BCUT2D eigenvalue weighted by Crippen LogP contribution is 2.42. The SMILES string of the molecule is COc1c([N+](=O)[O-])cnc2c1c(C1=CCN(C(=O)OC(C)(C)C)C(C)(C)C1)cn2C. The molecule has 3 rings (SSSR count). The topological polar surface area (TPSA) is 99.7 Å². The Morgan fingerprint density at radius 2 is 2.00 bits per heavy atom. The first-order valence-electron chi connectivity index (χ1n) is 9.72. The van der Waals surface area contributed by atoms with E-state index >= 15 is 0 Å². The second kappa shape index (κ2) is 7.30. The van der Waals surface area contributed by atoms with E-state index in [1.807, 2.05) is 58.5 Å². The zero-order valence-electron chi connectivity index (χ0n) is 18.5. The van der Waals surface area contributed by atoms with E-state index in [9.17, 15) is 14.9 Å². The van der Waals surface area contributed by atoms with Gasteiger partial charge in [-0.2, -0.15) is 0 Å². The minimum absolute atomic E-state index is 0.177. The number of nitrogens with zero attached hydrogens (tertiary/aromatic N) is 4. The lowest BCUT2D eigenvalue weighted by atomic mass is 9.86. The Kier molecular flexibility index (Phi) is 5.26. The lowest BCUT2D eigenvalue weighted by molar-refractivity contribution is -0.385. The molecule has 0 N–H and O–H groups in total. The third-order valence-corrected chi connectivity index (χ3v) is 5.15. The van der Waals surface area contributed by atoms with Crippen LogP contribution in [0.2, 0.25) is 0 Å². The molecule has 30 heavy (non-hydrogen) atoms. The van der Waals surface area contributed by atoms with Crippen LogP contribution in [0, 0.1) is 10.1 Å². The van der Waals surface area contributed by atoms with Crippen molar-refractivity contribution < 1.29 is 19.2 Å². The molecule has 9 nitrogen and oxygen atoms in total. The lowest BCUT2D eigenvalue weighted by Gasteiger charge is -2.42. The van der Waals surface area contributed by atoms with Gasteiger partial charge in [-0.15, -0.1) is 0 Å². The van der Waals surface area contributed by atoms with Crippen LogP contribution in [0.4, 0.5) is 10.5 Å². The summed E-state index contributed by atoms with van der Waals surface area (Å²) in [5.74, 6) is 0.189. The average Bonchev–Trinajstić information content (AvgIpc) is 2.95. The van der Waals surface area contributed by atoms with Gasteiger partial charge < -0.3 is 14.0 Å². The van der Waals surface area contributed by atoms with Crippen molar-refractivity contribution in [3.63, 3.8) is 0 Å². The van der Waals surface area contributed by atoms with Crippen LogP contribution >= 0.6 is 0 Å². The molecule has 1 aliphatic heterocycles. The molecular formula is C21H28N4O5. The molecule has 0 radical (unpaired) electrons. The summed E-state index contributed by atoms with van der Waals surface area (Å²) in [5, 5.41) is 12.1. The van der Waals surface area contributed by atoms with Gasteiger partial charge in [0.2, 0.25) is 5.75 Å². The van der Waals surface area contributed by atoms with Crippen molar-refractivity contribution in [3.8, 4) is 5.75 Å². The van der Waals surface area contributed by atoms with Gasteiger partial charge >= 0.3 is 11.8 Å². The molecule has 0 saturated carbocycles. The number of nitro groups is 1. The van der Waals surface area contributed by atoms with Gasteiger partial charge in [0.15, 0.2) is 0 Å². The van der Waals surface area contributed by atoms with E-state index in [-0.39, 0.29) is 17.5 Å². The minimum Gasteiger partial charge on any atom is -0.490 e. The quantitative estimate of drug-likeness (QED) is 0.546. The summed E-state index contributed by atoms with van der Waals surface area (Å²) in [6.45, 7) is 9.85. The van der Waals surface area contributed by atoms with E-state index in [1.165, 1.54) is 13.3 Å². The van der Waals surface area contributed by atoms with Gasteiger partial charge in [0.25, 0.3) is 0 Å². The highest BCUT2D eigenvalue weighted by atomic mass is 16.6. The number of fused-ring (bicyclic) bond motifs is 1. The number of rotatable bonds is 3. The first kappa shape index (κ1) is 21.6. The van der Waals surface area contributed by atoms with Crippen molar-refractivity contribution >= 4 is 28.4 Å². The Balaban J connectivity index is 2.08. The second-order valence-electron chi connectivity index (χ2n) is 9.10. The van der Waals surface area contributed by atoms with Crippen molar-refractivity contribution in [1.29, 1.82) is 0 Å². The standard InChI is InChI=1S/C21H28N4O5/c1-20(2,3)30-19(26)24-9-8-13(10-21(24,4)5)14-12-23(6)18-16(14)17(29-7)15(11-22-18)25(27)28/h8,11-12H,9-10H2,1-7H3. The molecule has 1 aliphatic rings. The first-order chi connectivity index (χ1) is 13.9. The second-order valence-corrected chi connectivity index (χ2v) is 9.10. The molecule has 0 spiro atoms. The maximum atomic E-state index is 12.7. The number of aromatic nitrogens is 2. The van der Waals surface area contributed by atoms with Crippen molar-refractivity contribution in [2.24, 2.45) is 7.05 Å². The molecule has 162 valence electrons. The van der Waals surface area contributed by atoms with Crippen LogP contribution in [-0.2, 0) is 11.8 Å². The van der Waals surface area contributed by atoms with Crippen molar-refractivity contribution in [2.75, 3.05) is 13.7 Å². The number of amides is 1. The Morgan fingerprint density at radius 1 is 1.33 bits per heavy atom. The number of hydrogen-bond acceptors (Lipinski definition) is 6. The fourth-order valence-corrected chi connectivity index (χ4v) is 3.81. The summed E-state index contributed by atoms with van der Waals surface area (Å²) in [6.07, 6.45) is 5.26. The third-order valence-electron chi connectivity index (χ3n) is 5.15. The monoisotopic (exact) mass is 416 g/mol. The van der Waals surface area contributed by atoms with Crippen molar-refractivity contribution in [1.82, 2.24) is 14.5 Å². The van der Waals surface area contributed by atoms with Crippen LogP contribution in [0.25, 0.3) is 16.6 Å². The molecule has 0 aliphatic carbocycles. The zero-order chi connectivity index (χ0) is 22.4. The van der Waals surface area contributed by atoms with Crippen LogP contribution in [0.1, 0.15) is 46.6 Å². The predicted octanol–water partition coefficient (Wildman–Crippen LogP) is 4.29. The van der Waals surface area contributed by atoms with Gasteiger partial charge in [-0.05, 0) is 46.6 Å². The molecule has 0 bridgehead atoms. The summed E-state index contributed by atoms with van der Waals surface area (Å²) in [7, 11) is 3.26. The molecule has 2 aromatic rings. The Bertz CT molecular complexity index is 1050. The largest absolute Gasteiger partial charge is 0.490 e. The lowest BCUT2D eigenvalue weighted by Crippen LogP contribution is -2.51. The summed E-state index contributed by atoms with van der Waals surface area (Å²) in [5.41, 5.74) is 1.13. The number of ether oxygens (including phenoxy) is 2. The Labute approximate surface area is 175 Å². The van der Waals surface area contributed by atoms with Crippen molar-refractivity contribution in [3.05, 3.63) is 34.1 Å². The van der Waals surface area contributed by atoms with Crippen LogP contribution in [0.3, 0.4) is 0 Å². The molecule has 3 heterocycles. The highest BCUT2D eigenvalue weighted by Gasteiger charge is 2.38. The van der Waals surface area contributed by atoms with Gasteiger partial charge in [-0.25, -0.2) is 9.78 Å². The number of pyridine rings is 1. The summed E-state index contributed by atoms with van der Waals surface area (Å²) in [4.78, 5) is 29.6. The molecule has 0 fully saturated rings. The smallest absolute Gasteiger partial charge is 0.411 e. The predicted molar refractivity (Wildman–Crippen MR) is 114 cm³/mol. The Hall–Kier alpha value is -3.10. The van der Waals surface area contributed by atoms with Crippen LogP contribution in [0.15, 0.2) is 18.5 Å². The molecule has 0 saturated heterocycles. The van der Waals surface area contributed by atoms with E-state index in [0.29, 0.717) is 24.0 Å². The number of hydrogen-bond donors (Lipinski definition) is 0. The number of aryl methyl sites for hydroxylation is 1. The van der Waals surface area contributed by atoms with Gasteiger partial charge in [0, 0.05) is 30.9 Å². The van der Waals surface area contributed by atoms with Gasteiger partial charge in [-0.3, -0.25) is 15.0 Å². The van der Waals surface area contributed by atoms with E-state index in [2.05, 4.69) is 4.98 Å². The van der Waals surface area contributed by atoms with Crippen LogP contribution < -0.4 is 4.74 Å². The average molecular weight is 416 g/mol. The minimum atomic E-state index is -0.579. The molecular weight excluding hydrogens is 388 g/mol. The molecule has 9 heteroatoms. The maximum absolute atomic E-state index is 12.7. The Morgan fingerprint density at radius 3 is 2.53 bits per heavy atom. The maximum Gasteiger partial charge on any atom is 0.411 e. The molecule has 0 aromatic carbocycles. The van der Waals surface area contributed by atoms with Crippen LogP contribution in [0.5, 0.6) is 5.75 Å². The molecule has 1 amide bonds. The number of carbonyl (C=O) groups is 1. The van der Waals surface area contributed by atoms with E-state index < -0.39 is 16.1 Å². The molecule has 0 atom stereocenters. The van der Waals surface area contributed by atoms with E-state index in [4.69, 9.17) is 9.47 Å². The normalized spacial score (nSPS) is 16.4. The molecule has 2 aromatic heterocycles. The highest BCUT2D eigenvalue weighted by molar-refractivity contribution is 5.98. The third kappa shape index (κ3) is 3.83. The summed E-state index contributed by atoms with van der Waals surface area (Å²) >= 11 is 0. The summed E-state index contributed by atoms with van der Waals surface area (Å²) in [6, 6.07) is 0. The van der Waals surface area contributed by atoms with Gasteiger partial charge in [0.1, 0.15) is 17.4 Å². The fourth-order valence-electron chi connectivity index (χ4n) is 3.81. The van der Waals surface area contributed by atoms with Crippen molar-refractivity contribution in [2.45, 2.75) is 52.2 Å². The zero-order valence-corrected chi connectivity index (χ0v) is 18.5. The molecule has 0 unspecified atom stereocenters. The van der Waals surface area contributed by atoms with E-state index in [0.717, 1.165) is 11.1 Å². The summed E-state index contributed by atoms with van der Waals surface area (Å²) < 4.78 is 12.8. The fraction of sp³-hybridized carbons (Fsp3) is 0.524.